The minimum Gasteiger partial charge on any atom is -0.352 e. The molecule has 0 saturated carbocycles. The summed E-state index contributed by atoms with van der Waals surface area (Å²) in [5.41, 5.74) is 3.04. The first-order chi connectivity index (χ1) is 12.6. The molecule has 2 N–H and O–H groups in total. The number of hydrogen-bond acceptors (Lipinski definition) is 3. The number of amides is 2. The highest BCUT2D eigenvalue weighted by molar-refractivity contribution is 7.17. The fourth-order valence-corrected chi connectivity index (χ4v) is 3.82. The monoisotopic (exact) mass is 366 g/mol. The molecule has 0 spiro atoms. The minimum absolute atomic E-state index is 0.114. The minimum atomic E-state index is -0.292. The van der Waals surface area contributed by atoms with Crippen molar-refractivity contribution in [1.82, 2.24) is 5.32 Å². The fraction of sp³-hybridized carbons (Fsp3) is 0.100. The molecule has 0 bridgehead atoms. The first-order valence-corrected chi connectivity index (χ1v) is 9.00. The summed E-state index contributed by atoms with van der Waals surface area (Å²) in [7, 11) is 0. The number of halogens is 1. The number of hydrogen-bond donors (Lipinski definition) is 2. The van der Waals surface area contributed by atoms with Crippen LogP contribution in [0.25, 0.3) is 10.4 Å². The summed E-state index contributed by atoms with van der Waals surface area (Å²) >= 11 is 1.33. The molecule has 0 aliphatic carbocycles. The van der Waals surface area contributed by atoms with Gasteiger partial charge in [0.1, 0.15) is 5.82 Å². The molecule has 2 amide bonds. The lowest BCUT2D eigenvalue weighted by Gasteiger charge is -2.17. The molecule has 3 aromatic rings. The maximum Gasteiger partial charge on any atom is 0.265 e. The van der Waals surface area contributed by atoms with Crippen molar-refractivity contribution in [1.29, 1.82) is 0 Å². The smallest absolute Gasteiger partial charge is 0.265 e. The molecule has 1 aromatic heterocycles. The molecular formula is C20H15FN2O2S. The number of carbonyl (C=O) groups is 2. The van der Waals surface area contributed by atoms with E-state index in [0.717, 1.165) is 22.4 Å². The lowest BCUT2D eigenvalue weighted by Crippen LogP contribution is -2.31. The zero-order valence-electron chi connectivity index (χ0n) is 13.7. The maximum atomic E-state index is 13.0. The summed E-state index contributed by atoms with van der Waals surface area (Å²) in [4.78, 5) is 25.9. The van der Waals surface area contributed by atoms with Crippen molar-refractivity contribution in [3.8, 4) is 10.4 Å². The number of rotatable bonds is 3. The normalized spacial score (nSPS) is 13.0. The predicted molar refractivity (Wildman–Crippen MR) is 100 cm³/mol. The van der Waals surface area contributed by atoms with Crippen LogP contribution >= 0.6 is 11.3 Å². The summed E-state index contributed by atoms with van der Waals surface area (Å²) in [6.07, 6.45) is 0.793. The molecule has 1 aliphatic rings. The van der Waals surface area contributed by atoms with Gasteiger partial charge in [0.15, 0.2) is 0 Å². The number of carbonyl (C=O) groups excluding carboxylic acids is 2. The Bertz CT molecular complexity index is 995. The Kier molecular flexibility index (Phi) is 4.26. The standard InChI is InChI=1S/C20H15FN2O2S/c21-14-4-1-13(2-5-14)17-7-8-18(26-17)20(25)23-15-6-3-12-9-10-22-19(24)16(12)11-15/h1-8,11H,9-10H2,(H,22,24)(H,23,25). The van der Waals surface area contributed by atoms with Gasteiger partial charge in [-0.15, -0.1) is 11.3 Å². The maximum absolute atomic E-state index is 13.0. The van der Waals surface area contributed by atoms with Crippen LogP contribution in [0.3, 0.4) is 0 Å². The molecule has 6 heteroatoms. The molecule has 0 fully saturated rings. The van der Waals surface area contributed by atoms with Gasteiger partial charge >= 0.3 is 0 Å². The number of thiophene rings is 1. The molecule has 4 rings (SSSR count). The van der Waals surface area contributed by atoms with E-state index in [-0.39, 0.29) is 17.6 Å². The third-order valence-corrected chi connectivity index (χ3v) is 5.38. The summed E-state index contributed by atoms with van der Waals surface area (Å²) in [5, 5.41) is 5.63. The lowest BCUT2D eigenvalue weighted by atomic mass is 10.00. The van der Waals surface area contributed by atoms with E-state index < -0.39 is 0 Å². The van der Waals surface area contributed by atoms with Crippen LogP contribution in [-0.4, -0.2) is 18.4 Å². The molecule has 26 heavy (non-hydrogen) atoms. The first kappa shape index (κ1) is 16.5. The van der Waals surface area contributed by atoms with Gasteiger partial charge in [0.05, 0.1) is 4.88 Å². The highest BCUT2D eigenvalue weighted by atomic mass is 32.1. The second-order valence-electron chi connectivity index (χ2n) is 6.00. The van der Waals surface area contributed by atoms with E-state index in [0.29, 0.717) is 22.7 Å². The molecule has 0 atom stereocenters. The Hall–Kier alpha value is -2.99. The summed E-state index contributed by atoms with van der Waals surface area (Å²) in [6.45, 7) is 0.638. The molecule has 0 saturated heterocycles. The Morgan fingerprint density at radius 3 is 2.69 bits per heavy atom. The Morgan fingerprint density at radius 1 is 1.08 bits per heavy atom. The van der Waals surface area contributed by atoms with E-state index in [1.807, 2.05) is 18.2 Å². The van der Waals surface area contributed by atoms with Crippen molar-refractivity contribution in [2.45, 2.75) is 6.42 Å². The average Bonchev–Trinajstić information content (AvgIpc) is 3.13. The molecule has 130 valence electrons. The van der Waals surface area contributed by atoms with Crippen LogP contribution in [-0.2, 0) is 6.42 Å². The quantitative estimate of drug-likeness (QED) is 0.733. The highest BCUT2D eigenvalue weighted by Gasteiger charge is 2.18. The van der Waals surface area contributed by atoms with E-state index >= 15 is 0 Å². The van der Waals surface area contributed by atoms with E-state index in [2.05, 4.69) is 10.6 Å². The second-order valence-corrected chi connectivity index (χ2v) is 7.09. The van der Waals surface area contributed by atoms with Crippen LogP contribution in [0.1, 0.15) is 25.6 Å². The molecule has 2 heterocycles. The number of benzene rings is 2. The number of anilines is 1. The summed E-state index contributed by atoms with van der Waals surface area (Å²) < 4.78 is 13.0. The van der Waals surface area contributed by atoms with Crippen LogP contribution in [0.2, 0.25) is 0 Å². The van der Waals surface area contributed by atoms with Crippen LogP contribution in [0.15, 0.2) is 54.6 Å². The number of nitrogens with one attached hydrogen (secondary N) is 2. The van der Waals surface area contributed by atoms with Gasteiger partial charge in [-0.3, -0.25) is 9.59 Å². The zero-order chi connectivity index (χ0) is 18.1. The third-order valence-electron chi connectivity index (χ3n) is 4.25. The molecular weight excluding hydrogens is 351 g/mol. The predicted octanol–water partition coefficient (Wildman–Crippen LogP) is 4.09. The van der Waals surface area contributed by atoms with E-state index in [1.165, 1.54) is 23.5 Å². The number of fused-ring (bicyclic) bond motifs is 1. The molecule has 0 unspecified atom stereocenters. The fourth-order valence-electron chi connectivity index (χ4n) is 2.91. The van der Waals surface area contributed by atoms with Crippen LogP contribution < -0.4 is 10.6 Å². The van der Waals surface area contributed by atoms with Gasteiger partial charge in [-0.1, -0.05) is 18.2 Å². The zero-order valence-corrected chi connectivity index (χ0v) is 14.5. The SMILES string of the molecule is O=C(Nc1ccc2c(c1)C(=O)NCC2)c1ccc(-c2ccc(F)cc2)s1. The summed E-state index contributed by atoms with van der Waals surface area (Å²) in [5.74, 6) is -0.642. The van der Waals surface area contributed by atoms with Gasteiger partial charge < -0.3 is 10.6 Å². The molecule has 0 radical (unpaired) electrons. The van der Waals surface area contributed by atoms with Crippen molar-refractivity contribution in [2.75, 3.05) is 11.9 Å². The Balaban J connectivity index is 1.53. The van der Waals surface area contributed by atoms with Crippen LogP contribution in [0.5, 0.6) is 0 Å². The Labute approximate surface area is 153 Å². The van der Waals surface area contributed by atoms with Crippen molar-refractivity contribution < 1.29 is 14.0 Å². The van der Waals surface area contributed by atoms with Crippen LogP contribution in [0, 0.1) is 5.82 Å². The van der Waals surface area contributed by atoms with Gasteiger partial charge in [0.25, 0.3) is 11.8 Å². The van der Waals surface area contributed by atoms with Crippen LogP contribution in [0.4, 0.5) is 10.1 Å². The van der Waals surface area contributed by atoms with Crippen molar-refractivity contribution in [3.63, 3.8) is 0 Å². The van der Waals surface area contributed by atoms with E-state index in [4.69, 9.17) is 0 Å². The lowest BCUT2D eigenvalue weighted by molar-refractivity contribution is 0.0944. The second kappa shape index (κ2) is 6.72. The molecule has 2 aromatic carbocycles. The largest absolute Gasteiger partial charge is 0.352 e. The summed E-state index contributed by atoms with van der Waals surface area (Å²) in [6, 6.07) is 15.1. The third kappa shape index (κ3) is 3.23. The van der Waals surface area contributed by atoms with Gasteiger partial charge in [-0.05, 0) is 53.9 Å². The van der Waals surface area contributed by atoms with Gasteiger partial charge in [-0.2, -0.15) is 0 Å². The van der Waals surface area contributed by atoms with Gasteiger partial charge in [-0.25, -0.2) is 4.39 Å². The van der Waals surface area contributed by atoms with Gasteiger partial charge in [0.2, 0.25) is 0 Å². The highest BCUT2D eigenvalue weighted by Crippen LogP contribution is 2.29. The molecule has 1 aliphatic heterocycles. The van der Waals surface area contributed by atoms with Gasteiger partial charge in [0, 0.05) is 22.7 Å². The Morgan fingerprint density at radius 2 is 1.88 bits per heavy atom. The van der Waals surface area contributed by atoms with Crippen molar-refractivity contribution in [3.05, 3.63) is 76.4 Å². The first-order valence-electron chi connectivity index (χ1n) is 8.18. The molecule has 4 nitrogen and oxygen atoms in total. The average molecular weight is 366 g/mol. The van der Waals surface area contributed by atoms with E-state index in [9.17, 15) is 14.0 Å². The topological polar surface area (TPSA) is 58.2 Å². The van der Waals surface area contributed by atoms with Crippen molar-refractivity contribution >= 4 is 28.8 Å². The van der Waals surface area contributed by atoms with Crippen molar-refractivity contribution in [2.24, 2.45) is 0 Å². The van der Waals surface area contributed by atoms with E-state index in [1.54, 1.807) is 24.3 Å².